The van der Waals surface area contributed by atoms with Crippen molar-refractivity contribution in [2.24, 2.45) is 5.73 Å². The Balaban J connectivity index is 2.66. The summed E-state index contributed by atoms with van der Waals surface area (Å²) in [6.07, 6.45) is 0. The van der Waals surface area contributed by atoms with Crippen molar-refractivity contribution in [2.75, 3.05) is 0 Å². The fourth-order valence-electron chi connectivity index (χ4n) is 1.82. The van der Waals surface area contributed by atoms with Gasteiger partial charge in [0, 0.05) is 16.6 Å². The number of hydrogen-bond donors (Lipinski definition) is 1. The highest BCUT2D eigenvalue weighted by Crippen LogP contribution is 2.29. The SMILES string of the molecule is Cc1ccc(CN)c(-c2cc(Br)ccc2F)c1. The summed E-state index contributed by atoms with van der Waals surface area (Å²) in [5, 5.41) is 0. The quantitative estimate of drug-likeness (QED) is 0.889. The Morgan fingerprint density at radius 3 is 2.59 bits per heavy atom. The molecule has 2 rings (SSSR count). The van der Waals surface area contributed by atoms with Crippen molar-refractivity contribution in [3.63, 3.8) is 0 Å². The number of benzene rings is 2. The van der Waals surface area contributed by atoms with Crippen molar-refractivity contribution in [1.82, 2.24) is 0 Å². The van der Waals surface area contributed by atoms with Crippen molar-refractivity contribution >= 4 is 15.9 Å². The number of hydrogen-bond acceptors (Lipinski definition) is 1. The highest BCUT2D eigenvalue weighted by atomic mass is 79.9. The van der Waals surface area contributed by atoms with Gasteiger partial charge in [0.1, 0.15) is 5.82 Å². The third kappa shape index (κ3) is 2.56. The topological polar surface area (TPSA) is 26.0 Å². The van der Waals surface area contributed by atoms with Crippen molar-refractivity contribution < 1.29 is 4.39 Å². The molecule has 0 fully saturated rings. The molecule has 0 aliphatic carbocycles. The predicted octanol–water partition coefficient (Wildman–Crippen LogP) is 4.02. The van der Waals surface area contributed by atoms with Crippen molar-refractivity contribution in [3.8, 4) is 11.1 Å². The van der Waals surface area contributed by atoms with Crippen LogP contribution in [0.1, 0.15) is 11.1 Å². The minimum absolute atomic E-state index is 0.228. The second-order valence-electron chi connectivity index (χ2n) is 3.99. The van der Waals surface area contributed by atoms with Gasteiger partial charge < -0.3 is 5.73 Å². The van der Waals surface area contributed by atoms with Crippen LogP contribution >= 0.6 is 15.9 Å². The molecule has 0 spiro atoms. The van der Waals surface area contributed by atoms with Gasteiger partial charge in [0.25, 0.3) is 0 Å². The van der Waals surface area contributed by atoms with Gasteiger partial charge in [-0.2, -0.15) is 0 Å². The summed E-state index contributed by atoms with van der Waals surface area (Å²) < 4.78 is 14.7. The highest BCUT2D eigenvalue weighted by Gasteiger charge is 2.09. The summed E-state index contributed by atoms with van der Waals surface area (Å²) in [4.78, 5) is 0. The molecule has 0 atom stereocenters. The van der Waals surface area contributed by atoms with E-state index in [4.69, 9.17) is 5.73 Å². The minimum Gasteiger partial charge on any atom is -0.326 e. The summed E-state index contributed by atoms with van der Waals surface area (Å²) in [6, 6.07) is 10.8. The normalized spacial score (nSPS) is 10.6. The van der Waals surface area contributed by atoms with E-state index in [1.165, 1.54) is 6.07 Å². The van der Waals surface area contributed by atoms with Gasteiger partial charge in [-0.3, -0.25) is 0 Å². The van der Waals surface area contributed by atoms with E-state index in [0.717, 1.165) is 21.2 Å². The van der Waals surface area contributed by atoms with E-state index in [1.54, 1.807) is 12.1 Å². The van der Waals surface area contributed by atoms with Crippen LogP contribution < -0.4 is 5.73 Å². The van der Waals surface area contributed by atoms with Crippen molar-refractivity contribution in [2.45, 2.75) is 13.5 Å². The number of rotatable bonds is 2. The van der Waals surface area contributed by atoms with Gasteiger partial charge in [0.15, 0.2) is 0 Å². The summed E-state index contributed by atoms with van der Waals surface area (Å²) in [6.45, 7) is 2.39. The third-order valence-electron chi connectivity index (χ3n) is 2.70. The van der Waals surface area contributed by atoms with Crippen LogP contribution in [-0.4, -0.2) is 0 Å². The lowest BCUT2D eigenvalue weighted by Crippen LogP contribution is -2.00. The lowest BCUT2D eigenvalue weighted by Gasteiger charge is -2.10. The molecule has 2 aromatic rings. The molecule has 0 unspecified atom stereocenters. The Morgan fingerprint density at radius 2 is 1.88 bits per heavy atom. The maximum absolute atomic E-state index is 13.8. The molecule has 2 aromatic carbocycles. The third-order valence-corrected chi connectivity index (χ3v) is 3.20. The summed E-state index contributed by atoms with van der Waals surface area (Å²) in [5.74, 6) is -0.228. The van der Waals surface area contributed by atoms with Gasteiger partial charge in [0.2, 0.25) is 0 Å². The van der Waals surface area contributed by atoms with Crippen molar-refractivity contribution in [3.05, 3.63) is 57.8 Å². The van der Waals surface area contributed by atoms with E-state index in [2.05, 4.69) is 15.9 Å². The first-order valence-corrected chi connectivity index (χ1v) is 6.16. The van der Waals surface area contributed by atoms with Crippen LogP contribution in [0.3, 0.4) is 0 Å². The minimum atomic E-state index is -0.228. The molecule has 17 heavy (non-hydrogen) atoms. The van der Waals surface area contributed by atoms with Gasteiger partial charge >= 0.3 is 0 Å². The van der Waals surface area contributed by atoms with E-state index in [-0.39, 0.29) is 5.82 Å². The van der Waals surface area contributed by atoms with Crippen LogP contribution in [-0.2, 0) is 6.54 Å². The van der Waals surface area contributed by atoms with E-state index >= 15 is 0 Å². The zero-order valence-corrected chi connectivity index (χ0v) is 11.1. The summed E-state index contributed by atoms with van der Waals surface area (Å²) >= 11 is 3.36. The Bertz CT molecular complexity index is 552. The molecule has 2 N–H and O–H groups in total. The van der Waals surface area contributed by atoms with Crippen LogP contribution in [0.5, 0.6) is 0 Å². The molecular weight excluding hydrogens is 281 g/mol. The van der Waals surface area contributed by atoms with Crippen LogP contribution in [0.4, 0.5) is 4.39 Å². The van der Waals surface area contributed by atoms with Crippen molar-refractivity contribution in [1.29, 1.82) is 0 Å². The van der Waals surface area contributed by atoms with E-state index in [1.807, 2.05) is 25.1 Å². The Hall–Kier alpha value is -1.19. The van der Waals surface area contributed by atoms with Gasteiger partial charge in [-0.1, -0.05) is 39.7 Å². The molecule has 88 valence electrons. The predicted molar refractivity (Wildman–Crippen MR) is 72.2 cm³/mol. The molecule has 0 heterocycles. The maximum Gasteiger partial charge on any atom is 0.131 e. The monoisotopic (exact) mass is 293 g/mol. The van der Waals surface area contributed by atoms with Gasteiger partial charge in [-0.25, -0.2) is 4.39 Å². The van der Waals surface area contributed by atoms with Crippen LogP contribution in [0.15, 0.2) is 40.9 Å². The molecule has 0 radical (unpaired) electrons. The lowest BCUT2D eigenvalue weighted by molar-refractivity contribution is 0.631. The van der Waals surface area contributed by atoms with E-state index in [0.29, 0.717) is 12.1 Å². The molecule has 0 aromatic heterocycles. The largest absolute Gasteiger partial charge is 0.326 e. The molecule has 0 aliphatic rings. The average molecular weight is 294 g/mol. The van der Waals surface area contributed by atoms with Gasteiger partial charge in [-0.05, 0) is 36.2 Å². The zero-order chi connectivity index (χ0) is 12.4. The molecule has 0 saturated carbocycles. The smallest absolute Gasteiger partial charge is 0.131 e. The average Bonchev–Trinajstić information content (AvgIpc) is 2.32. The Kier molecular flexibility index (Phi) is 3.60. The second kappa shape index (κ2) is 4.98. The molecule has 3 heteroatoms. The molecule has 0 bridgehead atoms. The highest BCUT2D eigenvalue weighted by molar-refractivity contribution is 9.10. The number of nitrogens with two attached hydrogens (primary N) is 1. The van der Waals surface area contributed by atoms with Gasteiger partial charge in [-0.15, -0.1) is 0 Å². The molecule has 0 aliphatic heterocycles. The van der Waals surface area contributed by atoms with Crippen LogP contribution in [0.25, 0.3) is 11.1 Å². The van der Waals surface area contributed by atoms with Gasteiger partial charge in [0.05, 0.1) is 0 Å². The first kappa shape index (κ1) is 12.3. The Morgan fingerprint density at radius 1 is 1.12 bits per heavy atom. The van der Waals surface area contributed by atoms with Crippen LogP contribution in [0, 0.1) is 12.7 Å². The molecule has 1 nitrogen and oxygen atoms in total. The molecule has 0 amide bonds. The van der Waals surface area contributed by atoms with E-state index < -0.39 is 0 Å². The lowest BCUT2D eigenvalue weighted by atomic mass is 9.97. The molecule has 0 saturated heterocycles. The zero-order valence-electron chi connectivity index (χ0n) is 9.50. The maximum atomic E-state index is 13.8. The summed E-state index contributed by atoms with van der Waals surface area (Å²) in [5.41, 5.74) is 9.19. The standard InChI is InChI=1S/C14H13BrFN/c1-9-2-3-10(8-17)12(6-9)13-7-11(15)4-5-14(13)16/h2-7H,8,17H2,1H3. The fraction of sp³-hybridized carbons (Fsp3) is 0.143. The number of aryl methyl sites for hydroxylation is 1. The molecular formula is C14H13BrFN. The second-order valence-corrected chi connectivity index (χ2v) is 4.90. The van der Waals surface area contributed by atoms with Crippen LogP contribution in [0.2, 0.25) is 0 Å². The first-order valence-electron chi connectivity index (χ1n) is 5.37. The number of halogens is 2. The first-order chi connectivity index (χ1) is 8.11. The van der Waals surface area contributed by atoms with E-state index in [9.17, 15) is 4.39 Å². The summed E-state index contributed by atoms with van der Waals surface area (Å²) in [7, 11) is 0. The Labute approximate surface area is 109 Å². The fourth-order valence-corrected chi connectivity index (χ4v) is 2.18.